The molecule has 0 saturated carbocycles. The Labute approximate surface area is 98.1 Å². The minimum Gasteiger partial charge on any atom is -0.478 e. The van der Waals surface area contributed by atoms with Gasteiger partial charge in [-0.1, -0.05) is 23.7 Å². The minimum atomic E-state index is -3.55. The maximum Gasteiger partial charge on any atom is 0.329 e. The monoisotopic (exact) mass is 260 g/mol. The van der Waals surface area contributed by atoms with E-state index in [1.165, 1.54) is 0 Å². The van der Waals surface area contributed by atoms with E-state index in [1.807, 2.05) is 0 Å². The average Bonchev–Trinajstić information content (AvgIpc) is 2.19. The lowest BCUT2D eigenvalue weighted by atomic mass is 10.2. The van der Waals surface area contributed by atoms with Gasteiger partial charge in [0.2, 0.25) is 0 Å². The number of carboxylic acids is 1. The molecule has 0 aliphatic carbocycles. The minimum absolute atomic E-state index is 0.242. The average molecular weight is 261 g/mol. The van der Waals surface area contributed by atoms with Gasteiger partial charge in [0.15, 0.2) is 9.84 Å². The summed E-state index contributed by atoms with van der Waals surface area (Å²) in [6, 6.07) is 6.31. The molecule has 0 bridgehead atoms. The van der Waals surface area contributed by atoms with E-state index in [4.69, 9.17) is 16.7 Å². The fraction of sp³-hybridized carbons (Fsp3) is 0.100. The van der Waals surface area contributed by atoms with Crippen molar-refractivity contribution in [3.63, 3.8) is 0 Å². The predicted octanol–water partition coefficient (Wildman–Crippen LogP) is 1.85. The molecule has 4 nitrogen and oxygen atoms in total. The van der Waals surface area contributed by atoms with Gasteiger partial charge in [-0.05, 0) is 17.7 Å². The zero-order valence-corrected chi connectivity index (χ0v) is 9.70. The Kier molecular flexibility index (Phi) is 4.09. The number of carboxylic acid groups (broad SMARTS) is 1. The molecule has 16 heavy (non-hydrogen) atoms. The lowest BCUT2D eigenvalue weighted by molar-refractivity contribution is -0.131. The van der Waals surface area contributed by atoms with Gasteiger partial charge < -0.3 is 5.11 Å². The first-order chi connectivity index (χ1) is 7.39. The first kappa shape index (κ1) is 12.7. The molecule has 0 radical (unpaired) electrons. The van der Waals surface area contributed by atoms with E-state index in [0.717, 1.165) is 0 Å². The molecule has 0 aliphatic rings. The van der Waals surface area contributed by atoms with Crippen LogP contribution in [-0.2, 0) is 20.4 Å². The number of halogens is 1. The van der Waals surface area contributed by atoms with Crippen molar-refractivity contribution >= 4 is 27.4 Å². The first-order valence-corrected chi connectivity index (χ1v) is 6.36. The second kappa shape index (κ2) is 5.14. The summed E-state index contributed by atoms with van der Waals surface area (Å²) in [6.45, 7) is 0. The second-order valence-electron chi connectivity index (χ2n) is 3.07. The molecule has 0 fully saturated rings. The van der Waals surface area contributed by atoms with Crippen LogP contribution < -0.4 is 0 Å². The predicted molar refractivity (Wildman–Crippen MR) is 60.9 cm³/mol. The van der Waals surface area contributed by atoms with Crippen molar-refractivity contribution < 1.29 is 18.3 Å². The van der Waals surface area contributed by atoms with E-state index in [-0.39, 0.29) is 5.75 Å². The number of hydrogen-bond acceptors (Lipinski definition) is 3. The molecule has 0 heterocycles. The summed E-state index contributed by atoms with van der Waals surface area (Å²) in [4.78, 5) is 10.2. The number of hydrogen-bond donors (Lipinski definition) is 1. The number of carbonyl (C=O) groups is 1. The summed E-state index contributed by atoms with van der Waals surface area (Å²) >= 11 is 5.64. The van der Waals surface area contributed by atoms with Crippen molar-refractivity contribution in [3.8, 4) is 0 Å². The maximum atomic E-state index is 11.4. The SMILES string of the molecule is O=C(O)/C=C/S(=O)(=O)Cc1ccc(Cl)cc1. The van der Waals surface area contributed by atoms with Gasteiger partial charge >= 0.3 is 5.97 Å². The third kappa shape index (κ3) is 4.46. The number of benzene rings is 1. The molecule has 6 heteroatoms. The van der Waals surface area contributed by atoms with Crippen molar-refractivity contribution in [2.24, 2.45) is 0 Å². The van der Waals surface area contributed by atoms with Gasteiger partial charge in [0, 0.05) is 16.5 Å². The highest BCUT2D eigenvalue weighted by molar-refractivity contribution is 7.93. The van der Waals surface area contributed by atoms with Crippen LogP contribution in [-0.4, -0.2) is 19.5 Å². The first-order valence-electron chi connectivity index (χ1n) is 4.27. The van der Waals surface area contributed by atoms with Crippen LogP contribution in [0.25, 0.3) is 0 Å². The van der Waals surface area contributed by atoms with Gasteiger partial charge in [0.05, 0.1) is 5.75 Å². The fourth-order valence-electron chi connectivity index (χ4n) is 1.02. The van der Waals surface area contributed by atoms with Gasteiger partial charge in [-0.2, -0.15) is 0 Å². The van der Waals surface area contributed by atoms with E-state index in [0.29, 0.717) is 22.1 Å². The molecule has 1 aromatic rings. The molecule has 1 aromatic carbocycles. The molecule has 0 aliphatic heterocycles. The van der Waals surface area contributed by atoms with E-state index >= 15 is 0 Å². The van der Waals surface area contributed by atoms with E-state index in [2.05, 4.69) is 0 Å². The fourth-order valence-corrected chi connectivity index (χ4v) is 2.23. The Morgan fingerprint density at radius 2 is 1.88 bits per heavy atom. The van der Waals surface area contributed by atoms with Crippen molar-refractivity contribution in [2.75, 3.05) is 0 Å². The normalized spacial score (nSPS) is 11.8. The molecular weight excluding hydrogens is 252 g/mol. The highest BCUT2D eigenvalue weighted by Gasteiger charge is 2.08. The zero-order valence-electron chi connectivity index (χ0n) is 8.13. The lowest BCUT2D eigenvalue weighted by Gasteiger charge is -1.99. The Bertz CT molecular complexity index is 502. The van der Waals surface area contributed by atoms with Crippen LogP contribution in [0.15, 0.2) is 35.7 Å². The topological polar surface area (TPSA) is 71.4 Å². The number of sulfone groups is 1. The van der Waals surface area contributed by atoms with Crippen LogP contribution in [0.5, 0.6) is 0 Å². The second-order valence-corrected chi connectivity index (χ2v) is 5.40. The zero-order chi connectivity index (χ0) is 12.2. The molecular formula is C10H9ClO4S. The summed E-state index contributed by atoms with van der Waals surface area (Å²) in [5, 5.41) is 9.51. The standard InChI is InChI=1S/C10H9ClO4S/c11-9-3-1-8(2-4-9)7-16(14,15)6-5-10(12)13/h1-6H,7H2,(H,12,13)/b6-5+. The Balaban J connectivity index is 2.81. The van der Waals surface area contributed by atoms with Crippen LogP contribution in [0.3, 0.4) is 0 Å². The van der Waals surface area contributed by atoms with Crippen LogP contribution in [0.1, 0.15) is 5.56 Å². The third-order valence-corrected chi connectivity index (χ3v) is 3.24. The van der Waals surface area contributed by atoms with Crippen LogP contribution in [0.4, 0.5) is 0 Å². The van der Waals surface area contributed by atoms with Crippen molar-refractivity contribution in [1.82, 2.24) is 0 Å². The van der Waals surface area contributed by atoms with E-state index in [9.17, 15) is 13.2 Å². The van der Waals surface area contributed by atoms with Gasteiger partial charge in [0.25, 0.3) is 0 Å². The number of aliphatic carboxylic acids is 1. The molecule has 0 unspecified atom stereocenters. The summed E-state index contributed by atoms with van der Waals surface area (Å²) in [5.41, 5.74) is 0.555. The smallest absolute Gasteiger partial charge is 0.329 e. The van der Waals surface area contributed by atoms with Crippen molar-refractivity contribution in [3.05, 3.63) is 46.3 Å². The molecule has 0 saturated heterocycles. The van der Waals surface area contributed by atoms with Crippen LogP contribution in [0, 0.1) is 0 Å². The quantitative estimate of drug-likeness (QED) is 0.839. The molecule has 1 rings (SSSR count). The molecule has 0 atom stereocenters. The van der Waals surface area contributed by atoms with Crippen molar-refractivity contribution in [1.29, 1.82) is 0 Å². The molecule has 0 spiro atoms. The molecule has 1 N–H and O–H groups in total. The maximum absolute atomic E-state index is 11.4. The largest absolute Gasteiger partial charge is 0.478 e. The summed E-state index contributed by atoms with van der Waals surface area (Å²) < 4.78 is 22.8. The van der Waals surface area contributed by atoms with E-state index < -0.39 is 15.8 Å². The van der Waals surface area contributed by atoms with Crippen LogP contribution in [0.2, 0.25) is 5.02 Å². The van der Waals surface area contributed by atoms with E-state index in [1.54, 1.807) is 24.3 Å². The lowest BCUT2D eigenvalue weighted by Crippen LogP contribution is -2.01. The summed E-state index contributed by atoms with van der Waals surface area (Å²) in [7, 11) is -3.55. The highest BCUT2D eigenvalue weighted by Crippen LogP contribution is 2.12. The molecule has 0 aromatic heterocycles. The molecule has 86 valence electrons. The van der Waals surface area contributed by atoms with Gasteiger partial charge in [0.1, 0.15) is 0 Å². The summed E-state index contributed by atoms with van der Waals surface area (Å²) in [5.74, 6) is -1.53. The van der Waals surface area contributed by atoms with Crippen molar-refractivity contribution in [2.45, 2.75) is 5.75 Å². The Morgan fingerprint density at radius 1 is 1.31 bits per heavy atom. The summed E-state index contributed by atoms with van der Waals surface area (Å²) in [6.07, 6.45) is 0.602. The molecule has 0 amide bonds. The highest BCUT2D eigenvalue weighted by atomic mass is 35.5. The third-order valence-electron chi connectivity index (χ3n) is 1.70. The number of rotatable bonds is 4. The Hall–Kier alpha value is -1.33. The van der Waals surface area contributed by atoms with Crippen LogP contribution >= 0.6 is 11.6 Å². The van der Waals surface area contributed by atoms with Gasteiger partial charge in [-0.3, -0.25) is 0 Å². The Morgan fingerprint density at radius 3 is 2.38 bits per heavy atom. The van der Waals surface area contributed by atoms with Gasteiger partial charge in [-0.15, -0.1) is 0 Å². The van der Waals surface area contributed by atoms with Gasteiger partial charge in [-0.25, -0.2) is 13.2 Å².